The first-order chi connectivity index (χ1) is 10.0. The summed E-state index contributed by atoms with van der Waals surface area (Å²) in [5, 5.41) is 20.7. The molecule has 0 radical (unpaired) electrons. The molecule has 7 nitrogen and oxygen atoms in total. The number of carbonyl (C=O) groups is 1. The zero-order chi connectivity index (χ0) is 15.4. The van der Waals surface area contributed by atoms with Crippen molar-refractivity contribution in [3.63, 3.8) is 0 Å². The Kier molecular flexibility index (Phi) is 4.52. The Balaban J connectivity index is 2.29. The molecule has 2 aromatic rings. The first kappa shape index (κ1) is 15.0. The highest BCUT2D eigenvalue weighted by atomic mass is 16.5. The van der Waals surface area contributed by atoms with Crippen LogP contribution in [0.2, 0.25) is 0 Å². The molecule has 0 aliphatic heterocycles. The Bertz CT molecular complexity index is 609. The van der Waals surface area contributed by atoms with E-state index in [1.807, 2.05) is 31.2 Å². The van der Waals surface area contributed by atoms with Crippen molar-refractivity contribution in [1.82, 2.24) is 20.2 Å². The average molecular weight is 290 g/mol. The van der Waals surface area contributed by atoms with Gasteiger partial charge in [-0.05, 0) is 55.5 Å². The number of benzene rings is 1. The highest BCUT2D eigenvalue weighted by Gasteiger charge is 2.24. The predicted octanol–water partition coefficient (Wildman–Crippen LogP) is 2.02. The van der Waals surface area contributed by atoms with E-state index in [-0.39, 0.29) is 6.04 Å². The van der Waals surface area contributed by atoms with Crippen molar-refractivity contribution in [2.24, 2.45) is 5.92 Å². The third kappa shape index (κ3) is 3.18. The maximum Gasteiger partial charge on any atom is 0.308 e. The number of rotatable bonds is 6. The van der Waals surface area contributed by atoms with Gasteiger partial charge in [0.25, 0.3) is 0 Å². The Labute approximate surface area is 122 Å². The van der Waals surface area contributed by atoms with Gasteiger partial charge in [-0.1, -0.05) is 0 Å². The summed E-state index contributed by atoms with van der Waals surface area (Å²) in [6.07, 6.45) is 0. The number of carboxylic acids is 1. The van der Waals surface area contributed by atoms with Crippen LogP contribution in [0.25, 0.3) is 11.4 Å². The van der Waals surface area contributed by atoms with Crippen LogP contribution in [-0.2, 0) is 4.79 Å². The lowest BCUT2D eigenvalue weighted by Gasteiger charge is -2.17. The minimum absolute atomic E-state index is 0.348. The Hall–Kier alpha value is -2.44. The number of carboxylic acid groups (broad SMARTS) is 1. The van der Waals surface area contributed by atoms with Crippen LogP contribution in [0.15, 0.2) is 24.3 Å². The SMILES string of the molecule is CCOc1ccc(-c2nnnn2C(C)C(C)C(=O)O)cc1. The Morgan fingerprint density at radius 3 is 2.57 bits per heavy atom. The third-order valence-corrected chi connectivity index (χ3v) is 3.42. The van der Waals surface area contributed by atoms with E-state index in [4.69, 9.17) is 9.84 Å². The van der Waals surface area contributed by atoms with Gasteiger partial charge in [0.2, 0.25) is 0 Å². The Morgan fingerprint density at radius 1 is 1.33 bits per heavy atom. The van der Waals surface area contributed by atoms with Crippen molar-refractivity contribution in [3.8, 4) is 17.1 Å². The molecule has 1 heterocycles. The topological polar surface area (TPSA) is 90.1 Å². The average Bonchev–Trinajstić information content (AvgIpc) is 2.96. The highest BCUT2D eigenvalue weighted by molar-refractivity contribution is 5.70. The number of aromatic nitrogens is 4. The van der Waals surface area contributed by atoms with Gasteiger partial charge in [0.1, 0.15) is 5.75 Å². The van der Waals surface area contributed by atoms with E-state index in [1.54, 1.807) is 13.8 Å². The fourth-order valence-electron chi connectivity index (χ4n) is 1.94. The van der Waals surface area contributed by atoms with Crippen molar-refractivity contribution in [1.29, 1.82) is 0 Å². The summed E-state index contributed by atoms with van der Waals surface area (Å²) in [6.45, 7) is 5.94. The molecule has 0 fully saturated rings. The van der Waals surface area contributed by atoms with E-state index in [1.165, 1.54) is 4.68 Å². The van der Waals surface area contributed by atoms with Crippen molar-refractivity contribution in [2.45, 2.75) is 26.8 Å². The molecule has 2 rings (SSSR count). The second-order valence-electron chi connectivity index (χ2n) is 4.77. The number of nitrogens with zero attached hydrogens (tertiary/aromatic N) is 4. The lowest BCUT2D eigenvalue weighted by molar-refractivity contribution is -0.142. The van der Waals surface area contributed by atoms with Gasteiger partial charge in [0, 0.05) is 5.56 Å². The van der Waals surface area contributed by atoms with Gasteiger partial charge < -0.3 is 9.84 Å². The molecule has 0 bridgehead atoms. The van der Waals surface area contributed by atoms with Crippen LogP contribution in [0.3, 0.4) is 0 Å². The maximum atomic E-state index is 11.1. The number of hydrogen-bond acceptors (Lipinski definition) is 5. The molecule has 0 saturated carbocycles. The van der Waals surface area contributed by atoms with Gasteiger partial charge in [-0.15, -0.1) is 5.10 Å². The van der Waals surface area contributed by atoms with Crippen LogP contribution in [0.1, 0.15) is 26.8 Å². The van der Waals surface area contributed by atoms with Gasteiger partial charge >= 0.3 is 5.97 Å². The minimum atomic E-state index is -0.879. The summed E-state index contributed by atoms with van der Waals surface area (Å²) < 4.78 is 6.93. The molecule has 0 saturated heterocycles. The van der Waals surface area contributed by atoms with E-state index in [0.717, 1.165) is 11.3 Å². The van der Waals surface area contributed by atoms with Crippen LogP contribution < -0.4 is 4.74 Å². The largest absolute Gasteiger partial charge is 0.494 e. The zero-order valence-electron chi connectivity index (χ0n) is 12.2. The molecule has 2 atom stereocenters. The molecule has 0 amide bonds. The standard InChI is InChI=1S/C14H18N4O3/c1-4-21-12-7-5-11(6-8-12)13-15-16-17-18(13)10(3)9(2)14(19)20/h5-10H,4H2,1-3H3,(H,19,20). The van der Waals surface area contributed by atoms with Crippen LogP contribution in [-0.4, -0.2) is 37.9 Å². The van der Waals surface area contributed by atoms with Gasteiger partial charge in [0.05, 0.1) is 18.6 Å². The first-order valence-corrected chi connectivity index (χ1v) is 6.78. The number of ether oxygens (including phenoxy) is 1. The summed E-state index contributed by atoms with van der Waals surface area (Å²) in [4.78, 5) is 11.1. The van der Waals surface area contributed by atoms with Crippen molar-refractivity contribution >= 4 is 5.97 Å². The van der Waals surface area contributed by atoms with Gasteiger partial charge in [-0.2, -0.15) is 0 Å². The van der Waals surface area contributed by atoms with E-state index < -0.39 is 11.9 Å². The van der Waals surface area contributed by atoms with Gasteiger partial charge in [0.15, 0.2) is 5.82 Å². The number of aliphatic carboxylic acids is 1. The van der Waals surface area contributed by atoms with Crippen LogP contribution in [0.5, 0.6) is 5.75 Å². The summed E-state index contributed by atoms with van der Waals surface area (Å²) in [6, 6.07) is 7.03. The zero-order valence-corrected chi connectivity index (χ0v) is 12.2. The number of tetrazole rings is 1. The number of hydrogen-bond donors (Lipinski definition) is 1. The predicted molar refractivity (Wildman–Crippen MR) is 75.9 cm³/mol. The lowest BCUT2D eigenvalue weighted by atomic mass is 10.0. The summed E-state index contributed by atoms with van der Waals surface area (Å²) in [7, 11) is 0. The molecule has 0 spiro atoms. The minimum Gasteiger partial charge on any atom is -0.494 e. The molecule has 0 aliphatic rings. The maximum absolute atomic E-state index is 11.1. The van der Waals surface area contributed by atoms with E-state index in [0.29, 0.717) is 12.4 Å². The fourth-order valence-corrected chi connectivity index (χ4v) is 1.94. The van der Waals surface area contributed by atoms with Crippen LogP contribution in [0, 0.1) is 5.92 Å². The van der Waals surface area contributed by atoms with Gasteiger partial charge in [-0.25, -0.2) is 4.68 Å². The van der Waals surface area contributed by atoms with Gasteiger partial charge in [-0.3, -0.25) is 4.79 Å². The fraction of sp³-hybridized carbons (Fsp3) is 0.429. The van der Waals surface area contributed by atoms with Crippen LogP contribution >= 0.6 is 0 Å². The van der Waals surface area contributed by atoms with Crippen molar-refractivity contribution in [3.05, 3.63) is 24.3 Å². The van der Waals surface area contributed by atoms with Crippen LogP contribution in [0.4, 0.5) is 0 Å². The molecule has 7 heteroatoms. The molecule has 2 unspecified atom stereocenters. The highest BCUT2D eigenvalue weighted by Crippen LogP contribution is 2.25. The molecule has 112 valence electrons. The lowest BCUT2D eigenvalue weighted by Crippen LogP contribution is -2.23. The summed E-state index contributed by atoms with van der Waals surface area (Å²) in [5.74, 6) is -0.156. The van der Waals surface area contributed by atoms with E-state index >= 15 is 0 Å². The summed E-state index contributed by atoms with van der Waals surface area (Å²) in [5.41, 5.74) is 0.813. The third-order valence-electron chi connectivity index (χ3n) is 3.42. The smallest absolute Gasteiger partial charge is 0.308 e. The summed E-state index contributed by atoms with van der Waals surface area (Å²) >= 11 is 0. The Morgan fingerprint density at radius 2 is 2.00 bits per heavy atom. The molecular weight excluding hydrogens is 272 g/mol. The van der Waals surface area contributed by atoms with Crippen molar-refractivity contribution in [2.75, 3.05) is 6.61 Å². The van der Waals surface area contributed by atoms with Crippen molar-refractivity contribution < 1.29 is 14.6 Å². The second-order valence-corrected chi connectivity index (χ2v) is 4.77. The molecule has 1 aromatic heterocycles. The first-order valence-electron chi connectivity index (χ1n) is 6.78. The second kappa shape index (κ2) is 6.34. The molecule has 1 aromatic carbocycles. The normalized spacial score (nSPS) is 13.7. The quantitative estimate of drug-likeness (QED) is 0.875. The molecule has 1 N–H and O–H groups in total. The molecular formula is C14H18N4O3. The van der Waals surface area contributed by atoms with E-state index in [9.17, 15) is 4.79 Å². The molecule has 21 heavy (non-hydrogen) atoms. The molecule has 0 aliphatic carbocycles. The van der Waals surface area contributed by atoms with E-state index in [2.05, 4.69) is 15.5 Å². The monoisotopic (exact) mass is 290 g/mol.